The van der Waals surface area contributed by atoms with Gasteiger partial charge in [0.05, 0.1) is 4.90 Å². The lowest BCUT2D eigenvalue weighted by Gasteiger charge is -2.01. The van der Waals surface area contributed by atoms with Gasteiger partial charge in [0.2, 0.25) is 5.06 Å². The highest BCUT2D eigenvalue weighted by Crippen LogP contribution is 2.34. The van der Waals surface area contributed by atoms with Crippen LogP contribution in [0.15, 0.2) is 70.0 Å². The second-order valence-corrected chi connectivity index (χ2v) is 8.44. The summed E-state index contributed by atoms with van der Waals surface area (Å²) in [6.07, 6.45) is 0. The van der Waals surface area contributed by atoms with Crippen molar-refractivity contribution in [2.24, 2.45) is 4.40 Å². The molecule has 1 heterocycles. The van der Waals surface area contributed by atoms with E-state index in [2.05, 4.69) is 4.40 Å². The van der Waals surface area contributed by atoms with Crippen molar-refractivity contribution in [1.29, 1.82) is 0 Å². The van der Waals surface area contributed by atoms with Gasteiger partial charge in [0.25, 0.3) is 10.0 Å². The van der Waals surface area contributed by atoms with Crippen LogP contribution in [-0.2, 0) is 10.0 Å². The Bertz CT molecular complexity index is 964. The van der Waals surface area contributed by atoms with Crippen LogP contribution in [-0.4, -0.2) is 8.42 Å². The van der Waals surface area contributed by atoms with Crippen LogP contribution in [0.4, 0.5) is 0 Å². The first-order valence-electron chi connectivity index (χ1n) is 6.44. The third-order valence-electron chi connectivity index (χ3n) is 2.76. The Balaban J connectivity index is 1.96. The summed E-state index contributed by atoms with van der Waals surface area (Å²) in [5, 5.41) is 0.619. The number of hydrogen-bond donors (Lipinski definition) is 0. The minimum atomic E-state index is -3.79. The highest BCUT2D eigenvalue weighted by Gasteiger charge is 2.15. The molecule has 118 valence electrons. The maximum atomic E-state index is 12.3. The molecule has 0 unspecified atom stereocenters. The molecule has 3 rings (SSSR count). The molecule has 0 saturated carbocycles. The van der Waals surface area contributed by atoms with E-state index in [1.165, 1.54) is 22.5 Å². The van der Waals surface area contributed by atoms with E-state index in [1.54, 1.807) is 30.3 Å². The lowest BCUT2D eigenvalue weighted by atomic mass is 10.3. The van der Waals surface area contributed by atoms with Crippen LogP contribution in [0.2, 0.25) is 5.02 Å². The quantitative estimate of drug-likeness (QED) is 0.621. The van der Waals surface area contributed by atoms with Crippen LogP contribution in [0, 0.1) is 0 Å². The summed E-state index contributed by atoms with van der Waals surface area (Å²) >= 11 is 6.21. The van der Waals surface area contributed by atoms with Gasteiger partial charge in [-0.25, -0.2) is 0 Å². The van der Waals surface area contributed by atoms with E-state index in [1.807, 2.05) is 18.2 Å². The van der Waals surface area contributed by atoms with Crippen molar-refractivity contribution in [3.05, 3.63) is 70.4 Å². The number of halogens is 1. The van der Waals surface area contributed by atoms with E-state index in [-0.39, 0.29) is 14.6 Å². The van der Waals surface area contributed by atoms with Crippen LogP contribution >= 0.6 is 32.3 Å². The van der Waals surface area contributed by atoms with E-state index in [9.17, 15) is 8.42 Å². The van der Waals surface area contributed by atoms with Gasteiger partial charge in [0.1, 0.15) is 10.8 Å². The third-order valence-corrected chi connectivity index (χ3v) is 6.90. The van der Waals surface area contributed by atoms with Crippen molar-refractivity contribution in [2.45, 2.75) is 4.90 Å². The molecule has 1 aromatic heterocycles. The number of benzene rings is 2. The Kier molecular flexibility index (Phi) is 4.82. The first-order chi connectivity index (χ1) is 11.1. The number of rotatable bonds is 4. The summed E-state index contributed by atoms with van der Waals surface area (Å²) in [7, 11) is -1.40. The molecule has 3 aromatic rings. The molecule has 0 atom stereocenters. The minimum absolute atomic E-state index is 0.125. The van der Waals surface area contributed by atoms with Crippen LogP contribution in [0.1, 0.15) is 0 Å². The van der Waals surface area contributed by atoms with Gasteiger partial charge in [-0.3, -0.25) is 0 Å². The fraction of sp³-hybridized carbons (Fsp3) is 0. The van der Waals surface area contributed by atoms with Crippen molar-refractivity contribution in [3.8, 4) is 10.8 Å². The van der Waals surface area contributed by atoms with Gasteiger partial charge in [0.15, 0.2) is 4.67 Å². The number of ether oxygens (including phenoxy) is 1. The zero-order valence-corrected chi connectivity index (χ0v) is 14.8. The van der Waals surface area contributed by atoms with Crippen LogP contribution in [0.25, 0.3) is 0 Å². The maximum absolute atomic E-state index is 12.3. The van der Waals surface area contributed by atoms with Crippen LogP contribution < -0.4 is 9.41 Å². The predicted molar refractivity (Wildman–Crippen MR) is 92.9 cm³/mol. The summed E-state index contributed by atoms with van der Waals surface area (Å²) in [6.45, 7) is 0. The standard InChI is InChI=1S/C15H10ClNO3S3/c16-13-14(17-23(18,19)12-9-5-2-6-10-12)21-22-15(13)20-11-7-3-1-4-8-11/h1-10H. The molecule has 0 fully saturated rings. The molecule has 0 radical (unpaired) electrons. The molecule has 0 aliphatic rings. The molecular weight excluding hydrogens is 374 g/mol. The SMILES string of the molecule is O=S(=O)(N=c1ssc(Oc2ccccc2)c1Cl)c1ccccc1. The van der Waals surface area contributed by atoms with E-state index in [4.69, 9.17) is 16.3 Å². The molecule has 0 spiro atoms. The van der Waals surface area contributed by atoms with Gasteiger partial charge in [-0.2, -0.15) is 8.42 Å². The number of nitrogens with zero attached hydrogens (tertiary/aromatic N) is 1. The zero-order chi connectivity index (χ0) is 16.3. The molecule has 4 nitrogen and oxygen atoms in total. The topological polar surface area (TPSA) is 55.7 Å². The van der Waals surface area contributed by atoms with Gasteiger partial charge >= 0.3 is 0 Å². The molecule has 0 amide bonds. The predicted octanol–water partition coefficient (Wildman–Crippen LogP) is 4.54. The Morgan fingerprint density at radius 1 is 0.913 bits per heavy atom. The van der Waals surface area contributed by atoms with Crippen LogP contribution in [0.3, 0.4) is 0 Å². The zero-order valence-electron chi connectivity index (χ0n) is 11.5. The van der Waals surface area contributed by atoms with Gasteiger partial charge in [-0.15, -0.1) is 4.40 Å². The van der Waals surface area contributed by atoms with Gasteiger partial charge < -0.3 is 4.74 Å². The van der Waals surface area contributed by atoms with Gasteiger partial charge in [-0.05, 0) is 34.6 Å². The van der Waals surface area contributed by atoms with Crippen molar-refractivity contribution >= 4 is 42.3 Å². The Labute approximate surface area is 145 Å². The smallest absolute Gasteiger partial charge is 0.283 e. The monoisotopic (exact) mass is 383 g/mol. The summed E-state index contributed by atoms with van der Waals surface area (Å²) in [4.78, 5) is 0.125. The fourth-order valence-corrected chi connectivity index (χ4v) is 5.70. The average molecular weight is 384 g/mol. The summed E-state index contributed by atoms with van der Waals surface area (Å²) in [6, 6.07) is 17.1. The Hall–Kier alpha value is -1.67. The second kappa shape index (κ2) is 6.84. The molecule has 23 heavy (non-hydrogen) atoms. The minimum Gasteiger partial charge on any atom is -0.444 e. The first-order valence-corrected chi connectivity index (χ1v) is 10.4. The second-order valence-electron chi connectivity index (χ2n) is 4.37. The molecule has 0 aliphatic heterocycles. The van der Waals surface area contributed by atoms with E-state index < -0.39 is 10.0 Å². The van der Waals surface area contributed by atoms with Gasteiger partial charge in [-0.1, -0.05) is 58.3 Å². The summed E-state index contributed by atoms with van der Waals surface area (Å²) in [5.41, 5.74) is 0. The van der Waals surface area contributed by atoms with Crippen molar-refractivity contribution < 1.29 is 13.2 Å². The van der Waals surface area contributed by atoms with Crippen molar-refractivity contribution in [3.63, 3.8) is 0 Å². The highest BCUT2D eigenvalue weighted by molar-refractivity contribution is 7.90. The first kappa shape index (κ1) is 16.2. The van der Waals surface area contributed by atoms with E-state index in [0.717, 1.165) is 10.3 Å². The Morgan fingerprint density at radius 2 is 1.52 bits per heavy atom. The molecule has 8 heteroatoms. The van der Waals surface area contributed by atoms with Gasteiger partial charge in [0, 0.05) is 0 Å². The number of hydrogen-bond acceptors (Lipinski definition) is 5. The molecule has 0 aliphatic carbocycles. The Morgan fingerprint density at radius 3 is 2.17 bits per heavy atom. The molecule has 0 saturated heterocycles. The normalized spacial score (nSPS) is 12.3. The average Bonchev–Trinajstić information content (AvgIpc) is 2.89. The van der Waals surface area contributed by atoms with E-state index in [0.29, 0.717) is 10.8 Å². The van der Waals surface area contributed by atoms with Crippen molar-refractivity contribution in [2.75, 3.05) is 0 Å². The summed E-state index contributed by atoms with van der Waals surface area (Å²) < 4.78 is 34.2. The number of sulfonamides is 1. The number of para-hydroxylation sites is 1. The summed E-state index contributed by atoms with van der Waals surface area (Å²) in [5.74, 6) is 0.626. The largest absolute Gasteiger partial charge is 0.444 e. The highest BCUT2D eigenvalue weighted by atomic mass is 35.5. The molecule has 2 aromatic carbocycles. The molecule has 0 N–H and O–H groups in total. The van der Waals surface area contributed by atoms with E-state index >= 15 is 0 Å². The fourth-order valence-electron chi connectivity index (χ4n) is 1.70. The molecular formula is C15H10ClNO3S3. The molecule has 0 bridgehead atoms. The lowest BCUT2D eigenvalue weighted by molar-refractivity contribution is 0.496. The van der Waals surface area contributed by atoms with Crippen LogP contribution in [0.5, 0.6) is 10.8 Å². The third kappa shape index (κ3) is 3.81. The van der Waals surface area contributed by atoms with Crippen molar-refractivity contribution in [1.82, 2.24) is 0 Å². The lowest BCUT2D eigenvalue weighted by Crippen LogP contribution is -2.04. The maximum Gasteiger partial charge on any atom is 0.283 e.